The molecule has 2 heterocycles. The van der Waals surface area contributed by atoms with Gasteiger partial charge in [-0.15, -0.1) is 0 Å². The van der Waals surface area contributed by atoms with Crippen LogP contribution in [0.25, 0.3) is 0 Å². The molecule has 2 aromatic rings. The summed E-state index contributed by atoms with van der Waals surface area (Å²) in [6, 6.07) is 0. The predicted molar refractivity (Wildman–Crippen MR) is 81.7 cm³/mol. The highest BCUT2D eigenvalue weighted by Gasteiger charge is 2.18. The van der Waals surface area contributed by atoms with E-state index in [1.165, 1.54) is 0 Å². The van der Waals surface area contributed by atoms with Gasteiger partial charge in [-0.3, -0.25) is 9.89 Å². The Bertz CT molecular complexity index is 642. The zero-order valence-electron chi connectivity index (χ0n) is 12.9. The van der Waals surface area contributed by atoms with E-state index in [2.05, 4.69) is 30.8 Å². The molecule has 0 aliphatic rings. The molecule has 3 N–H and O–H groups in total. The Morgan fingerprint density at radius 3 is 2.57 bits per heavy atom. The maximum absolute atomic E-state index is 12.5. The zero-order chi connectivity index (χ0) is 15.6. The first kappa shape index (κ1) is 15.0. The Hall–Kier alpha value is -2.44. The van der Waals surface area contributed by atoms with Crippen molar-refractivity contribution in [1.29, 1.82) is 0 Å². The topological polar surface area (TPSA) is 95.6 Å². The van der Waals surface area contributed by atoms with Gasteiger partial charge in [0, 0.05) is 13.0 Å². The summed E-state index contributed by atoms with van der Waals surface area (Å²) >= 11 is 0. The standard InChI is InChI=1S/C14H20N6O/c1-7(2)13-16-6-10(15-5)12(17-13)14(21)18-11-8(3)19-20-9(11)4/h6-7,15H,1-5H3,(H,18,21)(H,19,20). The first-order valence-corrected chi connectivity index (χ1v) is 6.81. The molecule has 7 heteroatoms. The smallest absolute Gasteiger partial charge is 0.276 e. The third-order valence-corrected chi connectivity index (χ3v) is 3.17. The number of aromatic amines is 1. The average molecular weight is 288 g/mol. The Labute approximate surface area is 123 Å². The fraction of sp³-hybridized carbons (Fsp3) is 0.429. The second-order valence-electron chi connectivity index (χ2n) is 5.16. The quantitative estimate of drug-likeness (QED) is 0.802. The number of carbonyl (C=O) groups is 1. The molecule has 0 radical (unpaired) electrons. The van der Waals surface area contributed by atoms with Crippen LogP contribution in [0.1, 0.15) is 47.5 Å². The molecule has 112 valence electrons. The Morgan fingerprint density at radius 1 is 1.33 bits per heavy atom. The third-order valence-electron chi connectivity index (χ3n) is 3.17. The summed E-state index contributed by atoms with van der Waals surface area (Å²) in [5.74, 6) is 0.510. The van der Waals surface area contributed by atoms with Crippen LogP contribution in [-0.4, -0.2) is 33.1 Å². The van der Waals surface area contributed by atoms with Gasteiger partial charge in [-0.1, -0.05) is 13.8 Å². The second kappa shape index (κ2) is 5.90. The molecule has 2 rings (SSSR count). The molecule has 7 nitrogen and oxygen atoms in total. The molecule has 2 aromatic heterocycles. The van der Waals surface area contributed by atoms with Crippen molar-refractivity contribution in [2.45, 2.75) is 33.6 Å². The van der Waals surface area contributed by atoms with Gasteiger partial charge in [0.1, 0.15) is 5.82 Å². The lowest BCUT2D eigenvalue weighted by molar-refractivity contribution is 0.102. The van der Waals surface area contributed by atoms with E-state index in [4.69, 9.17) is 0 Å². The number of rotatable bonds is 4. The van der Waals surface area contributed by atoms with E-state index in [1.807, 2.05) is 27.7 Å². The van der Waals surface area contributed by atoms with E-state index in [1.54, 1.807) is 13.2 Å². The van der Waals surface area contributed by atoms with Crippen LogP contribution in [0.4, 0.5) is 11.4 Å². The molecule has 0 atom stereocenters. The van der Waals surface area contributed by atoms with Gasteiger partial charge in [0.05, 0.1) is 29.0 Å². The molecule has 21 heavy (non-hydrogen) atoms. The molecule has 0 aliphatic heterocycles. The molecule has 0 spiro atoms. The van der Waals surface area contributed by atoms with E-state index in [0.29, 0.717) is 22.9 Å². The molecular weight excluding hydrogens is 268 g/mol. The van der Waals surface area contributed by atoms with Gasteiger partial charge >= 0.3 is 0 Å². The molecule has 0 saturated carbocycles. The fourth-order valence-corrected chi connectivity index (χ4v) is 1.94. The number of H-pyrrole nitrogens is 1. The van der Waals surface area contributed by atoms with Crippen LogP contribution in [0, 0.1) is 13.8 Å². The maximum Gasteiger partial charge on any atom is 0.276 e. The first-order chi connectivity index (χ1) is 9.93. The van der Waals surface area contributed by atoms with E-state index in [9.17, 15) is 4.79 Å². The number of aromatic nitrogens is 4. The number of aryl methyl sites for hydroxylation is 2. The fourth-order valence-electron chi connectivity index (χ4n) is 1.94. The van der Waals surface area contributed by atoms with Gasteiger partial charge < -0.3 is 10.6 Å². The highest BCUT2D eigenvalue weighted by molar-refractivity contribution is 6.06. The van der Waals surface area contributed by atoms with Gasteiger partial charge in [-0.2, -0.15) is 5.10 Å². The zero-order valence-corrected chi connectivity index (χ0v) is 12.9. The molecule has 0 unspecified atom stereocenters. The van der Waals surface area contributed by atoms with E-state index in [-0.39, 0.29) is 11.8 Å². The molecule has 0 aromatic carbocycles. The number of nitrogens with zero attached hydrogens (tertiary/aromatic N) is 3. The van der Waals surface area contributed by atoms with Crippen molar-refractivity contribution in [1.82, 2.24) is 20.2 Å². The number of hydrogen-bond acceptors (Lipinski definition) is 5. The highest BCUT2D eigenvalue weighted by Crippen LogP contribution is 2.20. The lowest BCUT2D eigenvalue weighted by Gasteiger charge is -2.11. The second-order valence-corrected chi connectivity index (χ2v) is 5.16. The molecule has 0 fully saturated rings. The molecule has 0 saturated heterocycles. The van der Waals surface area contributed by atoms with E-state index in [0.717, 1.165) is 11.4 Å². The van der Waals surface area contributed by atoms with Crippen molar-refractivity contribution < 1.29 is 4.79 Å². The van der Waals surface area contributed by atoms with Crippen LogP contribution < -0.4 is 10.6 Å². The molecule has 0 aliphatic carbocycles. The van der Waals surface area contributed by atoms with Crippen LogP contribution in [0.3, 0.4) is 0 Å². The summed E-state index contributed by atoms with van der Waals surface area (Å²) in [5.41, 5.74) is 3.16. The Balaban J connectivity index is 2.36. The SMILES string of the molecule is CNc1cnc(C(C)C)nc1C(=O)Nc1c(C)n[nH]c1C. The van der Waals surface area contributed by atoms with Crippen LogP contribution in [0.2, 0.25) is 0 Å². The predicted octanol–water partition coefficient (Wildman–Crippen LogP) is 2.23. The number of nitrogens with one attached hydrogen (secondary N) is 3. The van der Waals surface area contributed by atoms with Crippen LogP contribution in [0.5, 0.6) is 0 Å². The minimum absolute atomic E-state index is 0.153. The van der Waals surface area contributed by atoms with Crippen molar-refractivity contribution in [2.24, 2.45) is 0 Å². The summed E-state index contributed by atoms with van der Waals surface area (Å²) in [5, 5.41) is 12.7. The largest absolute Gasteiger partial charge is 0.385 e. The first-order valence-electron chi connectivity index (χ1n) is 6.81. The van der Waals surface area contributed by atoms with Crippen LogP contribution in [-0.2, 0) is 0 Å². The van der Waals surface area contributed by atoms with Gasteiger partial charge in [-0.25, -0.2) is 9.97 Å². The van der Waals surface area contributed by atoms with Crippen LogP contribution in [0.15, 0.2) is 6.20 Å². The van der Waals surface area contributed by atoms with Gasteiger partial charge in [-0.05, 0) is 13.8 Å². The van der Waals surface area contributed by atoms with E-state index < -0.39 is 0 Å². The van der Waals surface area contributed by atoms with Crippen molar-refractivity contribution in [3.05, 3.63) is 29.1 Å². The van der Waals surface area contributed by atoms with Gasteiger partial charge in [0.2, 0.25) is 0 Å². The normalized spacial score (nSPS) is 10.8. The lowest BCUT2D eigenvalue weighted by Crippen LogP contribution is -2.18. The molecular formula is C14H20N6O. The van der Waals surface area contributed by atoms with E-state index >= 15 is 0 Å². The van der Waals surface area contributed by atoms with Crippen LogP contribution >= 0.6 is 0 Å². The van der Waals surface area contributed by atoms with Gasteiger partial charge in [0.15, 0.2) is 5.69 Å². The summed E-state index contributed by atoms with van der Waals surface area (Å²) < 4.78 is 0. The maximum atomic E-state index is 12.5. The summed E-state index contributed by atoms with van der Waals surface area (Å²) in [7, 11) is 1.73. The summed E-state index contributed by atoms with van der Waals surface area (Å²) in [6.45, 7) is 7.66. The molecule has 1 amide bonds. The average Bonchev–Trinajstić information content (AvgIpc) is 2.78. The Morgan fingerprint density at radius 2 is 2.05 bits per heavy atom. The minimum atomic E-state index is -0.281. The monoisotopic (exact) mass is 288 g/mol. The van der Waals surface area contributed by atoms with Crippen molar-refractivity contribution in [3.8, 4) is 0 Å². The summed E-state index contributed by atoms with van der Waals surface area (Å²) in [6.07, 6.45) is 1.63. The van der Waals surface area contributed by atoms with Crippen molar-refractivity contribution in [2.75, 3.05) is 17.7 Å². The number of amides is 1. The van der Waals surface area contributed by atoms with Crippen molar-refractivity contribution in [3.63, 3.8) is 0 Å². The summed E-state index contributed by atoms with van der Waals surface area (Å²) in [4.78, 5) is 21.1. The Kier molecular flexibility index (Phi) is 4.21. The number of carbonyl (C=O) groups excluding carboxylic acids is 1. The lowest BCUT2D eigenvalue weighted by atomic mass is 10.2. The van der Waals surface area contributed by atoms with Crippen molar-refractivity contribution >= 4 is 17.3 Å². The molecule has 0 bridgehead atoms. The number of hydrogen-bond donors (Lipinski definition) is 3. The number of anilines is 2. The van der Waals surface area contributed by atoms with Gasteiger partial charge in [0.25, 0.3) is 5.91 Å². The third kappa shape index (κ3) is 3.01. The minimum Gasteiger partial charge on any atom is -0.385 e. The highest BCUT2D eigenvalue weighted by atomic mass is 16.1.